The highest BCUT2D eigenvalue weighted by Crippen LogP contribution is 2.42. The van der Waals surface area contributed by atoms with Crippen LogP contribution in [0.5, 0.6) is 5.75 Å². The fourth-order valence-corrected chi connectivity index (χ4v) is 4.20. The van der Waals surface area contributed by atoms with Gasteiger partial charge < -0.3 is 9.84 Å². The molecular formula is C19H18O6. The lowest BCUT2D eigenvalue weighted by Gasteiger charge is -2.35. The molecule has 130 valence electrons. The molecule has 0 saturated carbocycles. The van der Waals surface area contributed by atoms with E-state index in [1.807, 2.05) is 0 Å². The molecule has 3 aliphatic rings. The predicted octanol–water partition coefficient (Wildman–Crippen LogP) is 1.90. The van der Waals surface area contributed by atoms with Crippen molar-refractivity contribution in [2.24, 2.45) is 11.8 Å². The summed E-state index contributed by atoms with van der Waals surface area (Å²) in [5.41, 5.74) is 0.613. The van der Waals surface area contributed by atoms with Gasteiger partial charge in [-0.15, -0.1) is 0 Å². The van der Waals surface area contributed by atoms with Crippen molar-refractivity contribution in [2.75, 3.05) is 6.61 Å². The Morgan fingerprint density at radius 3 is 2.64 bits per heavy atom. The minimum Gasteiger partial charge on any atom is -0.507 e. The number of carbonyl (C=O) groups excluding carboxylic acids is 4. The summed E-state index contributed by atoms with van der Waals surface area (Å²) >= 11 is 0. The van der Waals surface area contributed by atoms with Gasteiger partial charge in [0.05, 0.1) is 11.5 Å². The van der Waals surface area contributed by atoms with E-state index in [-0.39, 0.29) is 58.4 Å². The second kappa shape index (κ2) is 5.59. The highest BCUT2D eigenvalue weighted by atomic mass is 16.5. The van der Waals surface area contributed by atoms with E-state index < -0.39 is 17.9 Å². The highest BCUT2D eigenvalue weighted by molar-refractivity contribution is 6.20. The van der Waals surface area contributed by atoms with Crippen LogP contribution in [0.25, 0.3) is 0 Å². The second-order valence-corrected chi connectivity index (χ2v) is 7.08. The molecule has 1 aromatic rings. The van der Waals surface area contributed by atoms with Gasteiger partial charge in [0, 0.05) is 35.6 Å². The standard InChI is InChI=1S/C19H18O6/c1-8(20)9-5-12-11(14(21)6-9)7-13-15(17(12)23)16(22)10-3-2-4-25-19(10)18(13)24/h7,9-10,19,23H,2-6H2,1H3. The molecule has 1 heterocycles. The summed E-state index contributed by atoms with van der Waals surface area (Å²) in [6, 6.07) is 1.41. The van der Waals surface area contributed by atoms with Crippen LogP contribution in [0, 0.1) is 11.8 Å². The van der Waals surface area contributed by atoms with Crippen LogP contribution < -0.4 is 0 Å². The Morgan fingerprint density at radius 1 is 1.16 bits per heavy atom. The number of hydrogen-bond acceptors (Lipinski definition) is 6. The number of phenols is 1. The Hall–Kier alpha value is -2.34. The third kappa shape index (κ3) is 2.28. The van der Waals surface area contributed by atoms with Crippen molar-refractivity contribution in [2.45, 2.75) is 38.7 Å². The quantitative estimate of drug-likeness (QED) is 0.837. The zero-order valence-electron chi connectivity index (χ0n) is 13.8. The summed E-state index contributed by atoms with van der Waals surface area (Å²) in [5, 5.41) is 10.7. The first kappa shape index (κ1) is 16.1. The molecule has 1 aliphatic heterocycles. The molecule has 6 nitrogen and oxygen atoms in total. The molecule has 3 unspecified atom stereocenters. The van der Waals surface area contributed by atoms with Gasteiger partial charge in [0.15, 0.2) is 17.3 Å². The third-order valence-corrected chi connectivity index (χ3v) is 5.59. The third-order valence-electron chi connectivity index (χ3n) is 5.59. The van der Waals surface area contributed by atoms with Gasteiger partial charge in [0.1, 0.15) is 17.6 Å². The molecule has 1 aromatic carbocycles. The molecule has 6 heteroatoms. The Kier molecular flexibility index (Phi) is 3.61. The summed E-state index contributed by atoms with van der Waals surface area (Å²) in [7, 11) is 0. The summed E-state index contributed by atoms with van der Waals surface area (Å²) in [5.74, 6) is -2.46. The van der Waals surface area contributed by atoms with Gasteiger partial charge in [-0.2, -0.15) is 0 Å². The number of fused-ring (bicyclic) bond motifs is 3. The van der Waals surface area contributed by atoms with Crippen LogP contribution in [-0.2, 0) is 16.0 Å². The highest BCUT2D eigenvalue weighted by Gasteiger charge is 2.46. The van der Waals surface area contributed by atoms with E-state index in [1.54, 1.807) is 0 Å². The molecule has 0 amide bonds. The van der Waals surface area contributed by atoms with Gasteiger partial charge >= 0.3 is 0 Å². The summed E-state index contributed by atoms with van der Waals surface area (Å²) in [4.78, 5) is 49.7. The van der Waals surface area contributed by atoms with Crippen LogP contribution in [0.2, 0.25) is 0 Å². The minimum absolute atomic E-state index is 0.00694. The van der Waals surface area contributed by atoms with E-state index in [2.05, 4.69) is 0 Å². The Morgan fingerprint density at radius 2 is 1.92 bits per heavy atom. The van der Waals surface area contributed by atoms with Crippen molar-refractivity contribution in [3.8, 4) is 5.75 Å². The van der Waals surface area contributed by atoms with Crippen LogP contribution in [-0.4, -0.2) is 41.0 Å². The molecule has 0 spiro atoms. The average molecular weight is 342 g/mol. The van der Waals surface area contributed by atoms with Crippen molar-refractivity contribution in [1.29, 1.82) is 0 Å². The van der Waals surface area contributed by atoms with E-state index in [0.717, 1.165) is 0 Å². The predicted molar refractivity (Wildman–Crippen MR) is 86.1 cm³/mol. The van der Waals surface area contributed by atoms with Gasteiger partial charge in [-0.05, 0) is 32.3 Å². The molecule has 1 N–H and O–H groups in total. The van der Waals surface area contributed by atoms with Crippen molar-refractivity contribution >= 4 is 23.1 Å². The number of hydrogen-bond donors (Lipinski definition) is 1. The molecular weight excluding hydrogens is 324 g/mol. The maximum atomic E-state index is 12.9. The average Bonchev–Trinajstić information content (AvgIpc) is 2.60. The number of rotatable bonds is 1. The van der Waals surface area contributed by atoms with E-state index in [0.29, 0.717) is 25.0 Å². The van der Waals surface area contributed by atoms with Gasteiger partial charge in [-0.3, -0.25) is 19.2 Å². The van der Waals surface area contributed by atoms with Gasteiger partial charge in [0.25, 0.3) is 0 Å². The monoisotopic (exact) mass is 342 g/mol. The lowest BCUT2D eigenvalue weighted by atomic mass is 9.72. The maximum absolute atomic E-state index is 12.9. The zero-order chi connectivity index (χ0) is 17.9. The largest absolute Gasteiger partial charge is 0.507 e. The minimum atomic E-state index is -0.824. The fraction of sp³-hybridized carbons (Fsp3) is 0.474. The normalized spacial score (nSPS) is 28.2. The smallest absolute Gasteiger partial charge is 0.193 e. The Bertz CT molecular complexity index is 837. The SMILES string of the molecule is CC(=O)C1CC(=O)c2cc3c(c(O)c2C1)C(=O)C1CCCOC1C3=O. The van der Waals surface area contributed by atoms with Crippen LogP contribution in [0.4, 0.5) is 0 Å². The molecule has 2 aliphatic carbocycles. The maximum Gasteiger partial charge on any atom is 0.193 e. The van der Waals surface area contributed by atoms with Crippen LogP contribution >= 0.6 is 0 Å². The second-order valence-electron chi connectivity index (χ2n) is 7.08. The molecule has 25 heavy (non-hydrogen) atoms. The number of phenolic OH excluding ortho intramolecular Hbond substituents is 1. The molecule has 1 saturated heterocycles. The van der Waals surface area contributed by atoms with E-state index in [4.69, 9.17) is 4.74 Å². The number of ether oxygens (including phenoxy) is 1. The molecule has 0 aromatic heterocycles. The first-order valence-corrected chi connectivity index (χ1v) is 8.52. The van der Waals surface area contributed by atoms with Crippen molar-refractivity contribution in [1.82, 2.24) is 0 Å². The van der Waals surface area contributed by atoms with Gasteiger partial charge in [0.2, 0.25) is 0 Å². The number of carbonyl (C=O) groups is 4. The first-order valence-electron chi connectivity index (χ1n) is 8.52. The van der Waals surface area contributed by atoms with Crippen molar-refractivity contribution < 1.29 is 29.0 Å². The number of ketones is 4. The van der Waals surface area contributed by atoms with E-state index in [9.17, 15) is 24.3 Å². The summed E-state index contributed by atoms with van der Waals surface area (Å²) in [6.07, 6.45) is 0.675. The number of benzene rings is 1. The summed E-state index contributed by atoms with van der Waals surface area (Å²) in [6.45, 7) is 1.84. The van der Waals surface area contributed by atoms with Gasteiger partial charge in [-0.25, -0.2) is 0 Å². The van der Waals surface area contributed by atoms with Crippen molar-refractivity contribution in [3.63, 3.8) is 0 Å². The first-order chi connectivity index (χ1) is 11.9. The molecule has 0 radical (unpaired) electrons. The van der Waals surface area contributed by atoms with E-state index in [1.165, 1.54) is 13.0 Å². The van der Waals surface area contributed by atoms with Crippen LogP contribution in [0.3, 0.4) is 0 Å². The van der Waals surface area contributed by atoms with Crippen molar-refractivity contribution in [3.05, 3.63) is 28.3 Å². The van der Waals surface area contributed by atoms with E-state index >= 15 is 0 Å². The number of Topliss-reactive ketones (excluding diaryl/α,β-unsaturated/α-hetero) is 4. The lowest BCUT2D eigenvalue weighted by Crippen LogP contribution is -2.45. The lowest BCUT2D eigenvalue weighted by molar-refractivity contribution is -0.120. The Balaban J connectivity index is 1.89. The zero-order valence-corrected chi connectivity index (χ0v) is 13.8. The topological polar surface area (TPSA) is 97.7 Å². The van der Waals surface area contributed by atoms with Gasteiger partial charge in [-0.1, -0.05) is 0 Å². The molecule has 3 atom stereocenters. The molecule has 4 rings (SSSR count). The summed E-state index contributed by atoms with van der Waals surface area (Å²) < 4.78 is 5.50. The van der Waals surface area contributed by atoms with Crippen LogP contribution in [0.15, 0.2) is 6.07 Å². The Labute approximate surface area is 144 Å². The van der Waals surface area contributed by atoms with Crippen LogP contribution in [0.1, 0.15) is 62.8 Å². The molecule has 1 fully saturated rings. The molecule has 0 bridgehead atoms. The fourth-order valence-electron chi connectivity index (χ4n) is 4.20. The number of aromatic hydroxyl groups is 1.